The zero-order chi connectivity index (χ0) is 11.5. The van der Waals surface area contributed by atoms with Gasteiger partial charge in [0.25, 0.3) is 0 Å². The molecule has 0 aliphatic heterocycles. The fourth-order valence-electron chi connectivity index (χ4n) is 1.78. The summed E-state index contributed by atoms with van der Waals surface area (Å²) in [5.41, 5.74) is 0. The van der Waals surface area contributed by atoms with Gasteiger partial charge in [0, 0.05) is 12.6 Å². The van der Waals surface area contributed by atoms with Gasteiger partial charge in [-0.25, -0.2) is 0 Å². The third-order valence-electron chi connectivity index (χ3n) is 2.79. The maximum absolute atomic E-state index is 8.93. The van der Waals surface area contributed by atoms with Crippen molar-refractivity contribution in [2.45, 2.75) is 52.0 Å². The largest absolute Gasteiger partial charge is 0.396 e. The second kappa shape index (κ2) is 10.2. The van der Waals surface area contributed by atoms with E-state index in [1.165, 1.54) is 12.8 Å². The van der Waals surface area contributed by atoms with Crippen LogP contribution in [0.4, 0.5) is 0 Å². The Morgan fingerprint density at radius 1 is 1.33 bits per heavy atom. The highest BCUT2D eigenvalue weighted by Gasteiger charge is 2.08. The minimum Gasteiger partial charge on any atom is -0.396 e. The number of allylic oxidation sites excluding steroid dienone is 1. The normalized spacial score (nSPS) is 14.9. The minimum atomic E-state index is 0.313. The smallest absolute Gasteiger partial charge is 0.0434 e. The first-order valence-electron chi connectivity index (χ1n) is 6.19. The summed E-state index contributed by atoms with van der Waals surface area (Å²) in [6.45, 7) is 9.49. The SMILES string of the molecule is C=CCCC(C)NCC(CCC)CCO. The van der Waals surface area contributed by atoms with Crippen molar-refractivity contribution in [3.63, 3.8) is 0 Å². The van der Waals surface area contributed by atoms with Crippen LogP contribution in [0.5, 0.6) is 0 Å². The van der Waals surface area contributed by atoms with E-state index in [0.29, 0.717) is 18.6 Å². The van der Waals surface area contributed by atoms with Crippen LogP contribution in [0, 0.1) is 5.92 Å². The second-order valence-corrected chi connectivity index (χ2v) is 4.34. The molecule has 0 bridgehead atoms. The van der Waals surface area contributed by atoms with Crippen LogP contribution in [0.25, 0.3) is 0 Å². The van der Waals surface area contributed by atoms with Crippen molar-refractivity contribution in [1.29, 1.82) is 0 Å². The van der Waals surface area contributed by atoms with Gasteiger partial charge in [0.2, 0.25) is 0 Å². The van der Waals surface area contributed by atoms with Gasteiger partial charge in [-0.1, -0.05) is 19.4 Å². The Balaban J connectivity index is 3.61. The van der Waals surface area contributed by atoms with Crippen LogP contribution in [-0.4, -0.2) is 24.3 Å². The summed E-state index contributed by atoms with van der Waals surface area (Å²) in [6.07, 6.45) is 7.54. The van der Waals surface area contributed by atoms with E-state index in [0.717, 1.165) is 25.8 Å². The van der Waals surface area contributed by atoms with E-state index in [1.807, 2.05) is 6.08 Å². The molecular formula is C13H27NO. The molecule has 0 radical (unpaired) electrons. The first-order valence-corrected chi connectivity index (χ1v) is 6.19. The van der Waals surface area contributed by atoms with Crippen molar-refractivity contribution in [2.24, 2.45) is 5.92 Å². The molecule has 2 nitrogen and oxygen atoms in total. The van der Waals surface area contributed by atoms with Gasteiger partial charge in [0.05, 0.1) is 0 Å². The number of aliphatic hydroxyl groups excluding tert-OH is 1. The van der Waals surface area contributed by atoms with Crippen molar-refractivity contribution >= 4 is 0 Å². The van der Waals surface area contributed by atoms with Crippen molar-refractivity contribution in [3.05, 3.63) is 12.7 Å². The summed E-state index contributed by atoms with van der Waals surface area (Å²) >= 11 is 0. The van der Waals surface area contributed by atoms with Gasteiger partial charge < -0.3 is 10.4 Å². The molecule has 0 aromatic carbocycles. The van der Waals surface area contributed by atoms with Crippen LogP contribution in [0.1, 0.15) is 46.0 Å². The molecule has 0 rings (SSSR count). The Labute approximate surface area is 94.8 Å². The summed E-state index contributed by atoms with van der Waals surface area (Å²) in [6, 6.07) is 0.557. The van der Waals surface area contributed by atoms with E-state index >= 15 is 0 Å². The van der Waals surface area contributed by atoms with Crippen molar-refractivity contribution in [3.8, 4) is 0 Å². The van der Waals surface area contributed by atoms with Gasteiger partial charge in [-0.2, -0.15) is 0 Å². The van der Waals surface area contributed by atoms with Crippen molar-refractivity contribution in [2.75, 3.05) is 13.2 Å². The van der Waals surface area contributed by atoms with Gasteiger partial charge in [0.15, 0.2) is 0 Å². The van der Waals surface area contributed by atoms with Crippen LogP contribution < -0.4 is 5.32 Å². The first kappa shape index (κ1) is 14.7. The highest BCUT2D eigenvalue weighted by molar-refractivity contribution is 4.72. The minimum absolute atomic E-state index is 0.313. The van der Waals surface area contributed by atoms with Crippen LogP contribution >= 0.6 is 0 Å². The predicted octanol–water partition coefficient (Wildman–Crippen LogP) is 2.73. The summed E-state index contributed by atoms with van der Waals surface area (Å²) < 4.78 is 0. The fraction of sp³-hybridized carbons (Fsp3) is 0.846. The van der Waals surface area contributed by atoms with E-state index in [1.54, 1.807) is 0 Å². The summed E-state index contributed by atoms with van der Waals surface area (Å²) in [4.78, 5) is 0. The molecule has 15 heavy (non-hydrogen) atoms. The Morgan fingerprint density at radius 2 is 2.07 bits per heavy atom. The quantitative estimate of drug-likeness (QED) is 0.547. The molecule has 2 heteroatoms. The van der Waals surface area contributed by atoms with Gasteiger partial charge in [-0.3, -0.25) is 0 Å². The average molecular weight is 213 g/mol. The number of hydrogen-bond donors (Lipinski definition) is 2. The van der Waals surface area contributed by atoms with Crippen LogP contribution in [0.15, 0.2) is 12.7 Å². The Morgan fingerprint density at radius 3 is 2.60 bits per heavy atom. The molecule has 90 valence electrons. The molecule has 0 fully saturated rings. The lowest BCUT2D eigenvalue weighted by atomic mass is 9.99. The molecule has 0 amide bonds. The number of aliphatic hydroxyl groups is 1. The maximum Gasteiger partial charge on any atom is 0.0434 e. The summed E-state index contributed by atoms with van der Waals surface area (Å²) in [5, 5.41) is 12.5. The molecule has 0 aromatic rings. The van der Waals surface area contributed by atoms with Crippen molar-refractivity contribution in [1.82, 2.24) is 5.32 Å². The predicted molar refractivity (Wildman–Crippen MR) is 67.0 cm³/mol. The van der Waals surface area contributed by atoms with Crippen LogP contribution in [0.3, 0.4) is 0 Å². The van der Waals surface area contributed by atoms with E-state index in [4.69, 9.17) is 5.11 Å². The molecule has 0 saturated carbocycles. The molecule has 0 saturated heterocycles. The molecule has 2 atom stereocenters. The van der Waals surface area contributed by atoms with Gasteiger partial charge in [-0.05, 0) is 45.1 Å². The maximum atomic E-state index is 8.93. The van der Waals surface area contributed by atoms with Gasteiger partial charge >= 0.3 is 0 Å². The number of hydrogen-bond acceptors (Lipinski definition) is 2. The monoisotopic (exact) mass is 213 g/mol. The second-order valence-electron chi connectivity index (χ2n) is 4.34. The molecule has 0 aliphatic rings. The Hall–Kier alpha value is -0.340. The number of nitrogens with one attached hydrogen (secondary N) is 1. The Bertz CT molecular complexity index is 141. The zero-order valence-electron chi connectivity index (χ0n) is 10.3. The van der Waals surface area contributed by atoms with E-state index in [2.05, 4.69) is 25.7 Å². The van der Waals surface area contributed by atoms with Gasteiger partial charge in [-0.15, -0.1) is 6.58 Å². The third kappa shape index (κ3) is 8.64. The van der Waals surface area contributed by atoms with Crippen LogP contribution in [-0.2, 0) is 0 Å². The fourth-order valence-corrected chi connectivity index (χ4v) is 1.78. The summed E-state index contributed by atoms with van der Waals surface area (Å²) in [7, 11) is 0. The molecule has 0 aliphatic carbocycles. The zero-order valence-corrected chi connectivity index (χ0v) is 10.3. The first-order chi connectivity index (χ1) is 7.24. The standard InChI is InChI=1S/C13H27NO/c1-4-6-8-12(3)14-11-13(7-5-2)9-10-15/h4,12-15H,1,5-11H2,2-3H3. The Kier molecular flexibility index (Phi) is 9.96. The lowest BCUT2D eigenvalue weighted by Gasteiger charge is -2.19. The topological polar surface area (TPSA) is 32.3 Å². The molecule has 2 N–H and O–H groups in total. The van der Waals surface area contributed by atoms with E-state index < -0.39 is 0 Å². The van der Waals surface area contributed by atoms with Crippen LogP contribution in [0.2, 0.25) is 0 Å². The van der Waals surface area contributed by atoms with Crippen molar-refractivity contribution < 1.29 is 5.11 Å². The van der Waals surface area contributed by atoms with Gasteiger partial charge in [0.1, 0.15) is 0 Å². The molecule has 0 aromatic heterocycles. The molecule has 0 heterocycles. The lowest BCUT2D eigenvalue weighted by Crippen LogP contribution is -2.31. The third-order valence-corrected chi connectivity index (χ3v) is 2.79. The van der Waals surface area contributed by atoms with E-state index in [-0.39, 0.29) is 0 Å². The number of rotatable bonds is 10. The molecule has 2 unspecified atom stereocenters. The highest BCUT2D eigenvalue weighted by atomic mass is 16.3. The highest BCUT2D eigenvalue weighted by Crippen LogP contribution is 2.10. The summed E-state index contributed by atoms with van der Waals surface area (Å²) in [5.74, 6) is 0.631. The lowest BCUT2D eigenvalue weighted by molar-refractivity contribution is 0.245. The average Bonchev–Trinajstić information content (AvgIpc) is 2.23. The molecular weight excluding hydrogens is 186 g/mol. The molecule has 0 spiro atoms. The van der Waals surface area contributed by atoms with E-state index in [9.17, 15) is 0 Å².